The Hall–Kier alpha value is 0.250. The van der Waals surface area contributed by atoms with Gasteiger partial charge in [-0.3, -0.25) is 6.08 Å². The molecule has 3 nitrogen and oxygen atoms in total. The zero-order chi connectivity index (χ0) is 20.4. The maximum absolute atomic E-state index is 11.7. The summed E-state index contributed by atoms with van der Waals surface area (Å²) in [7, 11) is -5.51. The van der Waals surface area contributed by atoms with Crippen LogP contribution in [0.3, 0.4) is 0 Å². The molecule has 0 aromatic carbocycles. The molecule has 0 amide bonds. The van der Waals surface area contributed by atoms with E-state index in [2.05, 4.69) is 6.08 Å². The fourth-order valence-electron chi connectivity index (χ4n) is 0.599. The van der Waals surface area contributed by atoms with Crippen LogP contribution in [0.25, 0.3) is 17.2 Å². The minimum atomic E-state index is -5.51. The van der Waals surface area contributed by atoms with Crippen molar-refractivity contribution in [3.05, 3.63) is 40.6 Å². The third-order valence-electron chi connectivity index (χ3n) is 1.00. The number of nitrogens with one attached hydrogen (secondary N) is 3. The minimum Gasteiger partial charge on any atom is -0.673 e. The predicted octanol–water partition coefficient (Wildman–Crippen LogP) is 7.57. The van der Waals surface area contributed by atoms with Crippen molar-refractivity contribution in [2.45, 2.75) is 85.4 Å². The van der Waals surface area contributed by atoms with Crippen molar-refractivity contribution in [2.24, 2.45) is 0 Å². The van der Waals surface area contributed by atoms with Gasteiger partial charge in [-0.1, -0.05) is 62.3 Å². The molecule has 0 unspecified atom stereocenters. The molecule has 0 heterocycles. The largest absolute Gasteiger partial charge is 4.00 e. The molecule has 0 atom stereocenters. The number of hydrogen-bond acceptors (Lipinski definition) is 0. The fraction of sp³-hybridized carbons (Fsp3) is 0.765. The second-order valence-electron chi connectivity index (χ2n) is 8.44. The number of hydrogen-bond donors (Lipinski definition) is 0. The van der Waals surface area contributed by atoms with E-state index < -0.39 is 14.3 Å². The molecule has 1 aliphatic carbocycles. The molecule has 1 aliphatic rings. The van der Waals surface area contributed by atoms with Gasteiger partial charge in [0.05, 0.1) is 0 Å². The Bertz CT molecular complexity index is 341. The molecule has 25 heavy (non-hydrogen) atoms. The molecule has 0 saturated carbocycles. The van der Waals surface area contributed by atoms with Gasteiger partial charge < -0.3 is 17.2 Å². The smallest absolute Gasteiger partial charge is 0.673 e. The van der Waals surface area contributed by atoms with Crippen molar-refractivity contribution < 1.29 is 38.5 Å². The zero-order valence-corrected chi connectivity index (χ0v) is 20.5. The number of halogens is 3. The predicted molar refractivity (Wildman–Crippen MR) is 102 cm³/mol. The average molecular weight is 457 g/mol. The van der Waals surface area contributed by atoms with Gasteiger partial charge in [-0.15, -0.1) is 28.2 Å². The van der Waals surface area contributed by atoms with Gasteiger partial charge in [-0.05, 0) is 0 Å². The van der Waals surface area contributed by atoms with Crippen LogP contribution >= 0.6 is 0 Å². The van der Waals surface area contributed by atoms with Crippen LogP contribution in [0.2, 0.25) is 0 Å². The van der Waals surface area contributed by atoms with Crippen LogP contribution in [0, 0.1) is 6.08 Å². The van der Waals surface area contributed by atoms with Gasteiger partial charge in [-0.2, -0.15) is 6.08 Å². The second kappa shape index (κ2) is 13.4. The zero-order valence-electron chi connectivity index (χ0n) is 17.0. The molecule has 146 valence electrons. The Morgan fingerprint density at radius 2 is 1.04 bits per heavy atom. The maximum atomic E-state index is 11.7. The first-order valence-corrected chi connectivity index (χ1v) is 9.33. The van der Waals surface area contributed by atoms with E-state index in [1.807, 2.05) is 62.3 Å². The Morgan fingerprint density at radius 3 is 1.12 bits per heavy atom. The summed E-state index contributed by atoms with van der Waals surface area (Å²) in [5.74, 6) is 0. The van der Waals surface area contributed by atoms with Crippen molar-refractivity contribution in [1.29, 1.82) is 0 Å². The third kappa shape index (κ3) is 68.4. The van der Waals surface area contributed by atoms with E-state index >= 15 is 0 Å². The normalized spacial score (nSPS) is 13.8. The van der Waals surface area contributed by atoms with Crippen molar-refractivity contribution in [3.63, 3.8) is 0 Å². The summed E-state index contributed by atoms with van der Waals surface area (Å²) >= 11 is 0. The molecule has 0 aliphatic heterocycles. The number of allylic oxidation sites excluding steroid dienone is 4. The van der Waals surface area contributed by atoms with Crippen LogP contribution in [0.15, 0.2) is 17.3 Å². The van der Waals surface area contributed by atoms with Crippen molar-refractivity contribution in [1.82, 2.24) is 0 Å². The average Bonchev–Trinajstić information content (AvgIpc) is 2.58. The molecule has 1 rings (SSSR count). The van der Waals surface area contributed by atoms with Gasteiger partial charge in [0.15, 0.2) is 0 Å². The molecule has 0 aromatic heterocycles. The molecule has 0 saturated heterocycles. The fourth-order valence-corrected chi connectivity index (χ4v) is 1.21. The minimum absolute atomic E-state index is 0. The Labute approximate surface area is 173 Å². The molecule has 0 radical (unpaired) electrons. The molecule has 0 fully saturated rings. The van der Waals surface area contributed by atoms with E-state index in [1.54, 1.807) is 0 Å². The molecule has 8 heteroatoms. The summed E-state index contributed by atoms with van der Waals surface area (Å²) in [6, 6.07) is 0. The first-order valence-electron chi connectivity index (χ1n) is 7.70. The van der Waals surface area contributed by atoms with Gasteiger partial charge in [0.1, 0.15) is 0 Å². The van der Waals surface area contributed by atoms with Crippen LogP contribution < -0.4 is 0 Å². The van der Waals surface area contributed by atoms with Crippen LogP contribution in [-0.2, 0) is 26.2 Å². The quantitative estimate of drug-likeness (QED) is 0.222. The van der Waals surface area contributed by atoms with Gasteiger partial charge in [0.2, 0.25) is 0 Å². The van der Waals surface area contributed by atoms with Gasteiger partial charge in [0, 0.05) is 0 Å². The number of rotatable bonds is 1. The molecular weight excluding hydrogens is 423 g/mol. The summed E-state index contributed by atoms with van der Waals surface area (Å²) in [5.41, 5.74) is 20.1. The van der Waals surface area contributed by atoms with Crippen molar-refractivity contribution in [3.8, 4) is 0 Å². The summed E-state index contributed by atoms with van der Waals surface area (Å²) in [6.45, 7) is 16.7. The van der Waals surface area contributed by atoms with Crippen molar-refractivity contribution >= 4 is 9.08 Å². The van der Waals surface area contributed by atoms with E-state index in [0.29, 0.717) is 6.42 Å². The van der Waals surface area contributed by atoms with Crippen LogP contribution in [0.1, 0.15) is 68.7 Å². The van der Waals surface area contributed by atoms with Gasteiger partial charge >= 0.3 is 35.3 Å². The van der Waals surface area contributed by atoms with Crippen LogP contribution in [-0.4, -0.2) is 25.7 Å². The monoisotopic (exact) mass is 455 g/mol. The standard InChI is InChI=1S/C5H4F3Si.3C4H10N.Zr/c6-9(7,8)5-3-1-2-4-5;3*1-4(2,3)5;/h1,3H,2H2;3*5H,1-3H3;/q4*-1;+4. The molecular formula is C17H34F3N3SiZr. The SMILES string of the molecule is CC(C)(C)[NH-].CC(C)(C)[NH-].CC(C)(C)[NH-].F[Si](F)(F)C1=[C-]CC=C1.[Zr+4]. The van der Waals surface area contributed by atoms with Crippen LogP contribution in [0.4, 0.5) is 12.3 Å². The van der Waals surface area contributed by atoms with Gasteiger partial charge in [-0.25, -0.2) is 18.4 Å². The molecule has 0 bridgehead atoms. The van der Waals surface area contributed by atoms with E-state index in [9.17, 15) is 12.3 Å². The Morgan fingerprint density at radius 1 is 0.800 bits per heavy atom. The Kier molecular flexibility index (Phi) is 17.7. The van der Waals surface area contributed by atoms with E-state index in [1.165, 1.54) is 6.08 Å². The first-order chi connectivity index (χ1) is 10.1. The van der Waals surface area contributed by atoms with Crippen molar-refractivity contribution in [2.75, 3.05) is 0 Å². The van der Waals surface area contributed by atoms with Crippen LogP contribution in [0.5, 0.6) is 0 Å². The van der Waals surface area contributed by atoms with Gasteiger partial charge in [0.25, 0.3) is 0 Å². The summed E-state index contributed by atoms with van der Waals surface area (Å²) < 4.78 is 35.2. The summed E-state index contributed by atoms with van der Waals surface area (Å²) in [5, 5.41) is -0.512. The maximum Gasteiger partial charge on any atom is 4.00 e. The molecule has 0 aromatic rings. The Balaban J connectivity index is -0.000000122. The topological polar surface area (TPSA) is 71.4 Å². The van der Waals surface area contributed by atoms with E-state index in [4.69, 9.17) is 17.2 Å². The molecule has 0 spiro atoms. The summed E-state index contributed by atoms with van der Waals surface area (Å²) in [6.07, 6.45) is 5.13. The van der Waals surface area contributed by atoms with E-state index in [-0.39, 0.29) is 42.8 Å². The molecule has 3 N–H and O–H groups in total. The van der Waals surface area contributed by atoms with E-state index in [0.717, 1.165) is 6.08 Å². The first kappa shape index (κ1) is 32.9. The third-order valence-corrected chi connectivity index (χ3v) is 1.95. The summed E-state index contributed by atoms with van der Waals surface area (Å²) in [4.78, 5) is 0. The second-order valence-corrected chi connectivity index (χ2v) is 9.98.